The fourth-order valence-corrected chi connectivity index (χ4v) is 3.93. The van der Waals surface area contributed by atoms with E-state index in [1.807, 2.05) is 0 Å². The van der Waals surface area contributed by atoms with E-state index in [1.54, 1.807) is 0 Å². The summed E-state index contributed by atoms with van der Waals surface area (Å²) in [7, 11) is 1.53. The highest BCUT2D eigenvalue weighted by Gasteiger charge is 2.32. The molecule has 0 fully saturated rings. The van der Waals surface area contributed by atoms with Crippen LogP contribution in [0.5, 0.6) is 0 Å². The average molecular weight is 449 g/mol. The maximum atomic E-state index is 14.2. The molecular formula is C21H22F3N5O3. The molecule has 0 spiro atoms. The molecular weight excluding hydrogens is 427 g/mol. The number of nitrogens with zero attached hydrogens (tertiary/aromatic N) is 3. The second-order valence-corrected chi connectivity index (χ2v) is 7.91. The van der Waals surface area contributed by atoms with E-state index in [-0.39, 0.29) is 47.6 Å². The Kier molecular flexibility index (Phi) is 5.45. The molecule has 1 aliphatic rings. The van der Waals surface area contributed by atoms with E-state index in [9.17, 15) is 22.8 Å². The summed E-state index contributed by atoms with van der Waals surface area (Å²) in [5.74, 6) is -4.84. The number of aliphatic hydroxyl groups is 1. The largest absolute Gasteiger partial charge is 0.395 e. The van der Waals surface area contributed by atoms with E-state index in [0.717, 1.165) is 17.8 Å². The number of likely N-dealkylation sites (N-methyl/N-ethyl adjacent to an activating group) is 1. The highest BCUT2D eigenvalue weighted by molar-refractivity contribution is 5.99. The summed E-state index contributed by atoms with van der Waals surface area (Å²) in [6, 6.07) is 3.19. The van der Waals surface area contributed by atoms with Crippen molar-refractivity contribution in [1.29, 1.82) is 0 Å². The van der Waals surface area contributed by atoms with Crippen molar-refractivity contribution in [2.24, 2.45) is 0 Å². The first-order chi connectivity index (χ1) is 15.1. The van der Waals surface area contributed by atoms with Crippen LogP contribution in [0.4, 0.5) is 13.2 Å². The van der Waals surface area contributed by atoms with E-state index in [1.165, 1.54) is 22.9 Å². The Morgan fingerprint density at radius 1 is 1.34 bits per heavy atom. The number of fused-ring (bicyclic) bond motifs is 2. The van der Waals surface area contributed by atoms with Crippen molar-refractivity contribution < 1.29 is 27.9 Å². The third kappa shape index (κ3) is 3.72. The highest BCUT2D eigenvalue weighted by Crippen LogP contribution is 2.35. The first-order valence-corrected chi connectivity index (χ1v) is 10.0. The van der Waals surface area contributed by atoms with Crippen LogP contribution in [0.15, 0.2) is 18.2 Å². The quantitative estimate of drug-likeness (QED) is 0.556. The summed E-state index contributed by atoms with van der Waals surface area (Å²) in [4.78, 5) is 31.1. The normalized spacial score (nSPS) is 14.0. The molecule has 0 saturated carbocycles. The van der Waals surface area contributed by atoms with Crippen molar-refractivity contribution >= 4 is 22.7 Å². The van der Waals surface area contributed by atoms with Crippen LogP contribution in [0.3, 0.4) is 0 Å². The number of nitrogens with one attached hydrogen (secondary N) is 2. The molecule has 1 aliphatic heterocycles. The van der Waals surface area contributed by atoms with Gasteiger partial charge >= 0.3 is 0 Å². The number of amides is 2. The average Bonchev–Trinajstić information content (AvgIpc) is 3.37. The molecule has 0 atom stereocenters. The Labute approximate surface area is 181 Å². The number of benzene rings is 1. The van der Waals surface area contributed by atoms with Gasteiger partial charge in [0.2, 0.25) is 0 Å². The fourth-order valence-electron chi connectivity index (χ4n) is 3.93. The number of alkyl halides is 2. The van der Waals surface area contributed by atoms with Crippen molar-refractivity contribution in [2.75, 3.05) is 26.7 Å². The highest BCUT2D eigenvalue weighted by atomic mass is 19.3. The fraction of sp³-hybridized carbons (Fsp3) is 0.381. The van der Waals surface area contributed by atoms with Crippen LogP contribution < -0.4 is 0 Å². The van der Waals surface area contributed by atoms with Crippen molar-refractivity contribution in [3.05, 3.63) is 52.2 Å². The van der Waals surface area contributed by atoms with Crippen LogP contribution in [-0.4, -0.2) is 68.6 Å². The smallest absolute Gasteiger partial charge is 0.274 e. The summed E-state index contributed by atoms with van der Waals surface area (Å²) in [5.41, 5.74) is 0.888. The van der Waals surface area contributed by atoms with Gasteiger partial charge in [-0.3, -0.25) is 14.7 Å². The van der Waals surface area contributed by atoms with Crippen LogP contribution >= 0.6 is 0 Å². The monoisotopic (exact) mass is 449 g/mol. The van der Waals surface area contributed by atoms with Gasteiger partial charge in [0.25, 0.3) is 17.7 Å². The lowest BCUT2D eigenvalue weighted by Gasteiger charge is -2.27. The van der Waals surface area contributed by atoms with Crippen LogP contribution in [0.1, 0.15) is 44.7 Å². The first kappa shape index (κ1) is 21.9. The minimum atomic E-state index is -3.21. The lowest BCUT2D eigenvalue weighted by Crippen LogP contribution is -2.37. The molecule has 2 amide bonds. The number of carbonyl (C=O) groups excluding carboxylic acids is 2. The van der Waals surface area contributed by atoms with Crippen molar-refractivity contribution in [3.8, 4) is 0 Å². The number of carbonyl (C=O) groups is 2. The molecule has 0 saturated heterocycles. The number of aromatic nitrogens is 3. The molecule has 1 aromatic carbocycles. The summed E-state index contributed by atoms with van der Waals surface area (Å²) >= 11 is 0. The van der Waals surface area contributed by atoms with E-state index in [0.29, 0.717) is 25.5 Å². The number of aromatic amines is 2. The van der Waals surface area contributed by atoms with Gasteiger partial charge in [-0.25, -0.2) is 13.2 Å². The Morgan fingerprint density at radius 3 is 2.78 bits per heavy atom. The summed E-state index contributed by atoms with van der Waals surface area (Å²) in [5, 5.41) is 15.9. The maximum Gasteiger partial charge on any atom is 0.274 e. The predicted molar refractivity (Wildman–Crippen MR) is 109 cm³/mol. The van der Waals surface area contributed by atoms with Gasteiger partial charge in [0.1, 0.15) is 11.5 Å². The lowest BCUT2D eigenvalue weighted by atomic mass is 10.0. The van der Waals surface area contributed by atoms with Crippen molar-refractivity contribution in [2.45, 2.75) is 25.8 Å². The van der Waals surface area contributed by atoms with Gasteiger partial charge < -0.3 is 19.9 Å². The zero-order chi connectivity index (χ0) is 23.2. The third-order valence-corrected chi connectivity index (χ3v) is 5.65. The summed E-state index contributed by atoms with van der Waals surface area (Å²) in [6.45, 7) is 1.03. The summed E-state index contributed by atoms with van der Waals surface area (Å²) < 4.78 is 42.2. The second-order valence-electron chi connectivity index (χ2n) is 7.91. The van der Waals surface area contributed by atoms with Gasteiger partial charge in [-0.1, -0.05) is 0 Å². The van der Waals surface area contributed by atoms with E-state index < -0.39 is 23.6 Å². The predicted octanol–water partition coefficient (Wildman–Crippen LogP) is 2.40. The van der Waals surface area contributed by atoms with Gasteiger partial charge in [-0.05, 0) is 18.2 Å². The molecule has 3 heterocycles. The molecule has 0 bridgehead atoms. The van der Waals surface area contributed by atoms with E-state index in [2.05, 4.69) is 15.2 Å². The van der Waals surface area contributed by atoms with Gasteiger partial charge in [0.15, 0.2) is 5.69 Å². The first-order valence-electron chi connectivity index (χ1n) is 10.0. The zero-order valence-electron chi connectivity index (χ0n) is 17.5. The molecule has 0 aliphatic carbocycles. The molecule has 170 valence electrons. The lowest BCUT2D eigenvalue weighted by molar-refractivity contribution is 0.0190. The maximum absolute atomic E-state index is 14.2. The number of hydrogen-bond acceptors (Lipinski definition) is 4. The molecule has 4 rings (SSSR count). The number of hydrogen-bond donors (Lipinski definition) is 3. The number of H-pyrrole nitrogens is 2. The minimum Gasteiger partial charge on any atom is -0.395 e. The van der Waals surface area contributed by atoms with Gasteiger partial charge in [-0.15, -0.1) is 0 Å². The Hall–Kier alpha value is -3.34. The van der Waals surface area contributed by atoms with Gasteiger partial charge in [0.05, 0.1) is 18.7 Å². The van der Waals surface area contributed by atoms with E-state index >= 15 is 0 Å². The number of rotatable bonds is 5. The SMILES string of the molecule is CN(CCO)C(=O)c1n[nH]c2c1CN(C(=O)c1cc3c(C(C)(F)F)ccc(F)c3[nH]1)CC2. The van der Waals surface area contributed by atoms with E-state index in [4.69, 9.17) is 5.11 Å². The topological polar surface area (TPSA) is 105 Å². The van der Waals surface area contributed by atoms with Crippen LogP contribution in [0.2, 0.25) is 0 Å². The molecule has 0 radical (unpaired) electrons. The molecule has 0 unspecified atom stereocenters. The summed E-state index contributed by atoms with van der Waals surface area (Å²) in [6.07, 6.45) is 0.415. The Balaban J connectivity index is 1.64. The third-order valence-electron chi connectivity index (χ3n) is 5.65. The standard InChI is InChI=1S/C21H22F3N5O3/c1-21(23,24)13-3-4-14(22)17-11(13)9-16(25-17)19(31)29-6-5-15-12(10-29)18(27-26-15)20(32)28(2)7-8-30/h3-4,9,25,30H,5-8,10H2,1-2H3,(H,26,27). The van der Waals surface area contributed by atoms with Crippen LogP contribution in [0, 0.1) is 5.82 Å². The Morgan fingerprint density at radius 2 is 2.09 bits per heavy atom. The minimum absolute atomic E-state index is 0.0205. The second kappa shape index (κ2) is 7.97. The zero-order valence-corrected chi connectivity index (χ0v) is 17.5. The molecule has 3 aromatic rings. The van der Waals surface area contributed by atoms with Crippen molar-refractivity contribution in [1.82, 2.24) is 25.0 Å². The molecule has 8 nitrogen and oxygen atoms in total. The van der Waals surface area contributed by atoms with Crippen LogP contribution in [0.25, 0.3) is 10.9 Å². The Bertz CT molecular complexity index is 1200. The molecule has 32 heavy (non-hydrogen) atoms. The molecule has 3 N–H and O–H groups in total. The number of aliphatic hydroxyl groups excluding tert-OH is 1. The van der Waals surface area contributed by atoms with Gasteiger partial charge in [-0.2, -0.15) is 5.10 Å². The molecule has 2 aromatic heterocycles. The van der Waals surface area contributed by atoms with Crippen LogP contribution in [-0.2, 0) is 18.9 Å². The van der Waals surface area contributed by atoms with Crippen molar-refractivity contribution in [3.63, 3.8) is 0 Å². The molecule has 11 heteroatoms. The van der Waals surface area contributed by atoms with Gasteiger partial charge in [0, 0.05) is 55.7 Å². The number of halogens is 3.